The fourth-order valence-corrected chi connectivity index (χ4v) is 5.53. The fourth-order valence-electron chi connectivity index (χ4n) is 3.85. The van der Waals surface area contributed by atoms with Crippen LogP contribution < -0.4 is 15.6 Å². The van der Waals surface area contributed by atoms with Gasteiger partial charge in [0.05, 0.1) is 11.5 Å². The first-order chi connectivity index (χ1) is 16.1. The maximum atomic E-state index is 13.3. The second kappa shape index (κ2) is 9.11. The first-order valence-electron chi connectivity index (χ1n) is 10.6. The fraction of sp³-hybridized carbons (Fsp3) is 0.250. The highest BCUT2D eigenvalue weighted by Gasteiger charge is 2.30. The van der Waals surface area contributed by atoms with Crippen LogP contribution >= 0.6 is 0 Å². The third kappa shape index (κ3) is 5.00. The molecule has 4 rings (SSSR count). The van der Waals surface area contributed by atoms with Crippen LogP contribution in [-0.4, -0.2) is 41.3 Å². The van der Waals surface area contributed by atoms with Crippen LogP contribution in [0, 0.1) is 25.2 Å². The quantitative estimate of drug-likeness (QED) is 0.440. The zero-order valence-corrected chi connectivity index (χ0v) is 19.4. The van der Waals surface area contributed by atoms with Gasteiger partial charge in [0.2, 0.25) is 5.88 Å². The van der Waals surface area contributed by atoms with Gasteiger partial charge < -0.3 is 10.1 Å². The molecule has 0 spiro atoms. The number of hydrogen-bond donors (Lipinski definition) is 1. The first kappa shape index (κ1) is 23.2. The molecule has 0 bridgehead atoms. The van der Waals surface area contributed by atoms with Gasteiger partial charge in [-0.25, -0.2) is 8.42 Å². The number of benzene rings is 1. The average molecular weight is 479 g/mol. The summed E-state index contributed by atoms with van der Waals surface area (Å²) >= 11 is 0. The summed E-state index contributed by atoms with van der Waals surface area (Å²) in [7, 11) is -3.21. The van der Waals surface area contributed by atoms with Gasteiger partial charge in [-0.2, -0.15) is 10.2 Å². The number of nitrogens with zero attached hydrogens (tertiary/aromatic N) is 3. The zero-order chi connectivity index (χ0) is 24.5. The van der Waals surface area contributed by atoms with E-state index in [9.17, 15) is 23.3 Å². The SMILES string of the molecule is Cc1cc(C)cc(Oc2nc3ccccn3c(=O)c2/C=C(\C#N)C(=O)NC2CCS(=O)(=O)C2)c1. The van der Waals surface area contributed by atoms with Crippen molar-refractivity contribution in [3.63, 3.8) is 0 Å². The molecule has 34 heavy (non-hydrogen) atoms. The number of rotatable bonds is 5. The lowest BCUT2D eigenvalue weighted by molar-refractivity contribution is -0.117. The zero-order valence-electron chi connectivity index (χ0n) is 18.6. The van der Waals surface area contributed by atoms with Crippen LogP contribution in [0.25, 0.3) is 11.7 Å². The number of hydrogen-bond acceptors (Lipinski definition) is 7. The van der Waals surface area contributed by atoms with E-state index >= 15 is 0 Å². The Labute approximate surface area is 196 Å². The highest BCUT2D eigenvalue weighted by Crippen LogP contribution is 2.26. The van der Waals surface area contributed by atoms with Gasteiger partial charge in [-0.3, -0.25) is 14.0 Å². The van der Waals surface area contributed by atoms with Crippen molar-refractivity contribution in [2.24, 2.45) is 0 Å². The Morgan fingerprint density at radius 1 is 1.26 bits per heavy atom. The van der Waals surface area contributed by atoms with Crippen molar-refractivity contribution in [3.05, 3.63) is 75.2 Å². The molecular weight excluding hydrogens is 456 g/mol. The summed E-state index contributed by atoms with van der Waals surface area (Å²) in [5, 5.41) is 12.2. The maximum Gasteiger partial charge on any atom is 0.269 e. The normalized spacial score (nSPS) is 17.3. The van der Waals surface area contributed by atoms with E-state index in [1.807, 2.05) is 19.9 Å². The molecule has 1 saturated heterocycles. The third-order valence-corrected chi connectivity index (χ3v) is 7.13. The number of amides is 1. The van der Waals surface area contributed by atoms with E-state index in [2.05, 4.69) is 10.3 Å². The molecule has 2 aromatic heterocycles. The van der Waals surface area contributed by atoms with E-state index in [4.69, 9.17) is 4.74 Å². The minimum absolute atomic E-state index is 0.0204. The Hall–Kier alpha value is -3.97. The Morgan fingerprint density at radius 2 is 2.00 bits per heavy atom. The van der Waals surface area contributed by atoms with Crippen LogP contribution in [0.3, 0.4) is 0 Å². The van der Waals surface area contributed by atoms with E-state index in [1.165, 1.54) is 10.6 Å². The number of aromatic nitrogens is 2. The predicted molar refractivity (Wildman–Crippen MR) is 126 cm³/mol. The van der Waals surface area contributed by atoms with Gasteiger partial charge in [0, 0.05) is 12.2 Å². The van der Waals surface area contributed by atoms with Crippen LogP contribution in [0.5, 0.6) is 11.6 Å². The standard InChI is InChI=1S/C24H22N4O5S/c1-15-9-16(2)11-19(10-15)33-23-20(24(30)28-7-4-3-5-21(28)27-23)12-17(13-25)22(29)26-18-6-8-34(31,32)14-18/h3-5,7,9-12,18H,6,8,14H2,1-2H3,(H,26,29)/b17-12+. The second-order valence-electron chi connectivity index (χ2n) is 8.23. The lowest BCUT2D eigenvalue weighted by Gasteiger charge is -2.12. The summed E-state index contributed by atoms with van der Waals surface area (Å²) in [5.74, 6) is -0.560. The number of fused-ring (bicyclic) bond motifs is 1. The van der Waals surface area contributed by atoms with Crippen molar-refractivity contribution in [1.82, 2.24) is 14.7 Å². The second-order valence-corrected chi connectivity index (χ2v) is 10.5. The maximum absolute atomic E-state index is 13.3. The van der Waals surface area contributed by atoms with Gasteiger partial charge >= 0.3 is 0 Å². The molecule has 174 valence electrons. The summed E-state index contributed by atoms with van der Waals surface area (Å²) in [4.78, 5) is 30.4. The van der Waals surface area contributed by atoms with E-state index in [0.29, 0.717) is 11.4 Å². The molecule has 0 saturated carbocycles. The molecule has 0 aliphatic carbocycles. The molecule has 1 amide bonds. The molecular formula is C24H22N4O5S. The molecule has 3 heterocycles. The van der Waals surface area contributed by atoms with Crippen LogP contribution in [0.2, 0.25) is 0 Å². The number of carbonyl (C=O) groups is 1. The van der Waals surface area contributed by atoms with Crippen molar-refractivity contribution < 1.29 is 17.9 Å². The Morgan fingerprint density at radius 3 is 2.65 bits per heavy atom. The van der Waals surface area contributed by atoms with Crippen molar-refractivity contribution in [2.75, 3.05) is 11.5 Å². The molecule has 10 heteroatoms. The number of carbonyl (C=O) groups excluding carboxylic acids is 1. The molecule has 1 fully saturated rings. The van der Waals surface area contributed by atoms with Crippen molar-refractivity contribution in [2.45, 2.75) is 26.3 Å². The van der Waals surface area contributed by atoms with E-state index in [0.717, 1.165) is 17.2 Å². The predicted octanol–water partition coefficient (Wildman–Crippen LogP) is 2.31. The first-order valence-corrected chi connectivity index (χ1v) is 12.4. The number of sulfone groups is 1. The Bertz CT molecular complexity index is 1510. The van der Waals surface area contributed by atoms with Gasteiger partial charge in [-0.05, 0) is 61.7 Å². The molecule has 9 nitrogen and oxygen atoms in total. The highest BCUT2D eigenvalue weighted by molar-refractivity contribution is 7.91. The number of nitriles is 1. The third-order valence-electron chi connectivity index (χ3n) is 5.37. The van der Waals surface area contributed by atoms with Crippen LogP contribution in [0.4, 0.5) is 0 Å². The average Bonchev–Trinajstić information content (AvgIpc) is 3.11. The van der Waals surface area contributed by atoms with Crippen LogP contribution in [0.15, 0.2) is 53.0 Å². The molecule has 0 radical (unpaired) electrons. The number of aryl methyl sites for hydroxylation is 2. The van der Waals surface area contributed by atoms with Gasteiger partial charge in [-0.15, -0.1) is 0 Å². The Balaban J connectivity index is 1.77. The summed E-state index contributed by atoms with van der Waals surface area (Å²) in [6.07, 6.45) is 2.93. The van der Waals surface area contributed by atoms with Crippen molar-refractivity contribution >= 4 is 27.5 Å². The van der Waals surface area contributed by atoms with Crippen molar-refractivity contribution in [1.29, 1.82) is 5.26 Å². The molecule has 1 aliphatic rings. The van der Waals surface area contributed by atoms with E-state index in [1.54, 1.807) is 36.4 Å². The molecule has 1 aromatic carbocycles. The lowest BCUT2D eigenvalue weighted by atomic mass is 10.1. The molecule has 1 atom stereocenters. The molecule has 1 aliphatic heterocycles. The summed E-state index contributed by atoms with van der Waals surface area (Å²) in [6, 6.07) is 11.8. The highest BCUT2D eigenvalue weighted by atomic mass is 32.2. The molecule has 1 unspecified atom stereocenters. The van der Waals surface area contributed by atoms with Gasteiger partial charge in [0.25, 0.3) is 11.5 Å². The molecule has 3 aromatic rings. The summed E-state index contributed by atoms with van der Waals surface area (Å²) < 4.78 is 30.6. The Kier molecular flexibility index (Phi) is 6.22. The minimum atomic E-state index is -3.21. The van der Waals surface area contributed by atoms with Crippen LogP contribution in [-0.2, 0) is 14.6 Å². The minimum Gasteiger partial charge on any atom is -0.438 e. The lowest BCUT2D eigenvalue weighted by Crippen LogP contribution is -2.36. The van der Waals surface area contributed by atoms with E-state index < -0.39 is 27.3 Å². The number of ether oxygens (including phenoxy) is 1. The molecule has 1 N–H and O–H groups in total. The summed E-state index contributed by atoms with van der Waals surface area (Å²) in [5.41, 5.74) is 1.29. The number of nitrogens with one attached hydrogen (secondary N) is 1. The largest absolute Gasteiger partial charge is 0.438 e. The van der Waals surface area contributed by atoms with Gasteiger partial charge in [-0.1, -0.05) is 12.1 Å². The summed E-state index contributed by atoms with van der Waals surface area (Å²) in [6.45, 7) is 3.81. The number of pyridine rings is 1. The monoisotopic (exact) mass is 478 g/mol. The van der Waals surface area contributed by atoms with Crippen molar-refractivity contribution in [3.8, 4) is 17.7 Å². The van der Waals surface area contributed by atoms with Gasteiger partial charge in [0.15, 0.2) is 9.84 Å². The smallest absolute Gasteiger partial charge is 0.269 e. The topological polar surface area (TPSA) is 131 Å². The van der Waals surface area contributed by atoms with E-state index in [-0.39, 0.29) is 34.9 Å². The van der Waals surface area contributed by atoms with Crippen LogP contribution in [0.1, 0.15) is 23.1 Å². The van der Waals surface area contributed by atoms with Gasteiger partial charge in [0.1, 0.15) is 28.6 Å².